The second-order valence-electron chi connectivity index (χ2n) is 7.67. The molecule has 1 heterocycles. The molecule has 2 unspecified atom stereocenters. The summed E-state index contributed by atoms with van der Waals surface area (Å²) >= 11 is 0. The van der Waals surface area contributed by atoms with E-state index < -0.39 is 22.5 Å². The van der Waals surface area contributed by atoms with Crippen molar-refractivity contribution in [1.82, 2.24) is 4.31 Å². The second-order valence-corrected chi connectivity index (χ2v) is 9.72. The van der Waals surface area contributed by atoms with E-state index in [2.05, 4.69) is 5.32 Å². The first kappa shape index (κ1) is 22.5. The molecule has 2 atom stereocenters. The summed E-state index contributed by atoms with van der Waals surface area (Å²) < 4.78 is 31.4. The minimum absolute atomic E-state index is 0.00831. The standard InChI is InChI=1S/C24H22N2O6S/c1-26(15-23(27)28)33(30,31)20-12-8-17(9-13-20)16-6-10-19(11-7-16)25-24(29)22-14-18-4-2-3-5-21(18)32-22/h2-14,18,21H,15H2,1H3,(H,25,29)(H,27,28). The Morgan fingerprint density at radius 3 is 2.21 bits per heavy atom. The molecular formula is C24H22N2O6S. The monoisotopic (exact) mass is 466 g/mol. The van der Waals surface area contributed by atoms with Crippen molar-refractivity contribution < 1.29 is 27.9 Å². The Bertz CT molecular complexity index is 1260. The number of benzene rings is 2. The maximum absolute atomic E-state index is 12.5. The fraction of sp³-hybridized carbons (Fsp3) is 0.167. The summed E-state index contributed by atoms with van der Waals surface area (Å²) in [5.41, 5.74) is 2.20. The van der Waals surface area contributed by atoms with E-state index in [4.69, 9.17) is 9.84 Å². The molecule has 170 valence electrons. The van der Waals surface area contributed by atoms with Gasteiger partial charge in [0.2, 0.25) is 10.0 Å². The molecule has 0 fully saturated rings. The lowest BCUT2D eigenvalue weighted by atomic mass is 9.99. The van der Waals surface area contributed by atoms with Crippen molar-refractivity contribution in [2.75, 3.05) is 18.9 Å². The van der Waals surface area contributed by atoms with Gasteiger partial charge in [-0.3, -0.25) is 9.59 Å². The number of aliphatic carboxylic acids is 1. The van der Waals surface area contributed by atoms with Crippen molar-refractivity contribution in [2.45, 2.75) is 11.0 Å². The van der Waals surface area contributed by atoms with E-state index in [-0.39, 0.29) is 28.6 Å². The zero-order valence-corrected chi connectivity index (χ0v) is 18.5. The number of carbonyl (C=O) groups is 2. The average molecular weight is 467 g/mol. The normalized spacial score (nSPS) is 19.0. The number of carbonyl (C=O) groups excluding carboxylic acids is 1. The van der Waals surface area contributed by atoms with Gasteiger partial charge in [0.1, 0.15) is 12.6 Å². The zero-order valence-electron chi connectivity index (χ0n) is 17.7. The van der Waals surface area contributed by atoms with Crippen LogP contribution in [0.4, 0.5) is 5.69 Å². The lowest BCUT2D eigenvalue weighted by Gasteiger charge is -2.15. The van der Waals surface area contributed by atoms with E-state index in [0.717, 1.165) is 15.4 Å². The fourth-order valence-corrected chi connectivity index (χ4v) is 4.70. The summed E-state index contributed by atoms with van der Waals surface area (Å²) in [4.78, 5) is 23.3. The van der Waals surface area contributed by atoms with Gasteiger partial charge in [-0.05, 0) is 47.5 Å². The Kier molecular flexibility index (Phi) is 6.17. The number of hydrogen-bond donors (Lipinski definition) is 2. The third kappa shape index (κ3) is 4.89. The van der Waals surface area contributed by atoms with Crippen LogP contribution in [0.3, 0.4) is 0 Å². The third-order valence-corrected chi connectivity index (χ3v) is 7.17. The molecule has 4 rings (SSSR count). The molecule has 33 heavy (non-hydrogen) atoms. The molecule has 2 aromatic carbocycles. The fourth-order valence-electron chi connectivity index (χ4n) is 3.58. The van der Waals surface area contributed by atoms with E-state index in [0.29, 0.717) is 5.69 Å². The van der Waals surface area contributed by atoms with E-state index in [1.54, 1.807) is 30.3 Å². The van der Waals surface area contributed by atoms with Crippen LogP contribution in [0.25, 0.3) is 11.1 Å². The SMILES string of the molecule is CN(CC(=O)O)S(=O)(=O)c1ccc(-c2ccc(NC(=O)C3=CC4C=CC=CC4O3)cc2)cc1. The van der Waals surface area contributed by atoms with Crippen LogP contribution in [0.5, 0.6) is 0 Å². The summed E-state index contributed by atoms with van der Waals surface area (Å²) in [5.74, 6) is -1.20. The molecule has 9 heteroatoms. The van der Waals surface area contributed by atoms with E-state index in [1.165, 1.54) is 19.2 Å². The topological polar surface area (TPSA) is 113 Å². The van der Waals surface area contributed by atoms with Gasteiger partial charge in [0, 0.05) is 18.7 Å². The molecule has 0 saturated carbocycles. The Morgan fingerprint density at radius 1 is 1.00 bits per heavy atom. The first-order valence-electron chi connectivity index (χ1n) is 10.2. The minimum atomic E-state index is -3.89. The summed E-state index contributed by atoms with van der Waals surface area (Å²) in [7, 11) is -2.67. The minimum Gasteiger partial charge on any atom is -0.480 e. The van der Waals surface area contributed by atoms with Gasteiger partial charge in [-0.2, -0.15) is 4.31 Å². The third-order valence-electron chi connectivity index (χ3n) is 5.35. The molecule has 0 aromatic heterocycles. The molecular weight excluding hydrogens is 444 g/mol. The molecule has 2 aliphatic rings. The number of sulfonamides is 1. The van der Waals surface area contributed by atoms with Gasteiger partial charge in [-0.15, -0.1) is 0 Å². The zero-order chi connectivity index (χ0) is 23.6. The number of nitrogens with zero attached hydrogens (tertiary/aromatic N) is 1. The quantitative estimate of drug-likeness (QED) is 0.649. The molecule has 1 aliphatic carbocycles. The van der Waals surface area contributed by atoms with Gasteiger partial charge in [0.25, 0.3) is 5.91 Å². The van der Waals surface area contributed by atoms with Crippen LogP contribution >= 0.6 is 0 Å². The van der Waals surface area contributed by atoms with Crippen LogP contribution in [0.15, 0.2) is 89.6 Å². The Morgan fingerprint density at radius 2 is 1.61 bits per heavy atom. The van der Waals surface area contributed by atoms with Gasteiger partial charge < -0.3 is 15.2 Å². The number of fused-ring (bicyclic) bond motifs is 1. The van der Waals surface area contributed by atoms with Crippen molar-refractivity contribution in [3.8, 4) is 11.1 Å². The predicted molar refractivity (Wildman–Crippen MR) is 123 cm³/mol. The van der Waals surface area contributed by atoms with Crippen molar-refractivity contribution >= 4 is 27.6 Å². The number of allylic oxidation sites excluding steroid dienone is 2. The molecule has 2 N–H and O–H groups in total. The first-order chi connectivity index (χ1) is 15.7. The maximum Gasteiger partial charge on any atom is 0.318 e. The van der Waals surface area contributed by atoms with Crippen LogP contribution < -0.4 is 5.32 Å². The number of rotatable bonds is 7. The Balaban J connectivity index is 1.42. The molecule has 2 aromatic rings. The summed E-state index contributed by atoms with van der Waals surface area (Å²) in [6, 6.07) is 13.3. The van der Waals surface area contributed by atoms with Crippen LogP contribution in [-0.4, -0.2) is 49.4 Å². The van der Waals surface area contributed by atoms with Crippen molar-refractivity contribution in [1.29, 1.82) is 0 Å². The molecule has 8 nitrogen and oxygen atoms in total. The predicted octanol–water partition coefficient (Wildman–Crippen LogP) is 3.02. The number of carboxylic acid groups (broad SMARTS) is 1. The van der Waals surface area contributed by atoms with Gasteiger partial charge >= 0.3 is 5.97 Å². The highest BCUT2D eigenvalue weighted by Gasteiger charge is 2.30. The molecule has 0 saturated heterocycles. The molecule has 1 amide bonds. The Labute approximate surface area is 191 Å². The summed E-state index contributed by atoms with van der Waals surface area (Å²) in [6.07, 6.45) is 9.38. The van der Waals surface area contributed by atoms with E-state index >= 15 is 0 Å². The lowest BCUT2D eigenvalue weighted by molar-refractivity contribution is -0.137. The van der Waals surface area contributed by atoms with Crippen LogP contribution in [0, 0.1) is 5.92 Å². The van der Waals surface area contributed by atoms with Crippen molar-refractivity contribution in [3.05, 3.63) is 84.7 Å². The maximum atomic E-state index is 12.5. The highest BCUT2D eigenvalue weighted by Crippen LogP contribution is 2.29. The highest BCUT2D eigenvalue weighted by atomic mass is 32.2. The first-order valence-corrected chi connectivity index (χ1v) is 11.6. The van der Waals surface area contributed by atoms with Gasteiger partial charge in [-0.1, -0.05) is 42.5 Å². The van der Waals surface area contributed by atoms with Crippen LogP contribution in [0.2, 0.25) is 0 Å². The molecule has 0 bridgehead atoms. The number of amides is 1. The smallest absolute Gasteiger partial charge is 0.318 e. The number of ether oxygens (including phenoxy) is 1. The highest BCUT2D eigenvalue weighted by molar-refractivity contribution is 7.89. The summed E-state index contributed by atoms with van der Waals surface area (Å²) in [5, 5.41) is 11.6. The average Bonchev–Trinajstić information content (AvgIpc) is 3.24. The largest absolute Gasteiger partial charge is 0.480 e. The van der Waals surface area contributed by atoms with E-state index in [9.17, 15) is 18.0 Å². The molecule has 0 radical (unpaired) electrons. The molecule has 1 aliphatic heterocycles. The molecule has 0 spiro atoms. The van der Waals surface area contributed by atoms with Gasteiger partial charge in [0.05, 0.1) is 4.90 Å². The lowest BCUT2D eigenvalue weighted by Crippen LogP contribution is -2.31. The van der Waals surface area contributed by atoms with Crippen LogP contribution in [-0.2, 0) is 24.3 Å². The number of carboxylic acids is 1. The number of hydrogen-bond acceptors (Lipinski definition) is 5. The van der Waals surface area contributed by atoms with Crippen LogP contribution in [0.1, 0.15) is 0 Å². The number of nitrogens with one attached hydrogen (secondary N) is 1. The summed E-state index contributed by atoms with van der Waals surface area (Å²) in [6.45, 7) is -0.617. The number of anilines is 1. The van der Waals surface area contributed by atoms with Gasteiger partial charge in [0.15, 0.2) is 5.76 Å². The Hall–Kier alpha value is -3.69. The van der Waals surface area contributed by atoms with Crippen molar-refractivity contribution in [3.63, 3.8) is 0 Å². The second kappa shape index (κ2) is 9.05. The number of likely N-dealkylation sites (N-methyl/N-ethyl adjacent to an activating group) is 1. The van der Waals surface area contributed by atoms with E-state index in [1.807, 2.05) is 36.4 Å². The van der Waals surface area contributed by atoms with Gasteiger partial charge in [-0.25, -0.2) is 8.42 Å². The van der Waals surface area contributed by atoms with Crippen molar-refractivity contribution in [2.24, 2.45) is 5.92 Å².